The van der Waals surface area contributed by atoms with Crippen LogP contribution in [0.25, 0.3) is 0 Å². The summed E-state index contributed by atoms with van der Waals surface area (Å²) < 4.78 is 10.5. The van der Waals surface area contributed by atoms with E-state index < -0.39 is 0 Å². The van der Waals surface area contributed by atoms with Gasteiger partial charge in [-0.05, 0) is 25.6 Å². The summed E-state index contributed by atoms with van der Waals surface area (Å²) in [7, 11) is 3.45. The van der Waals surface area contributed by atoms with Crippen molar-refractivity contribution in [2.45, 2.75) is 45.4 Å². The molecule has 1 saturated carbocycles. The molecule has 2 N–H and O–H groups in total. The quantitative estimate of drug-likeness (QED) is 0.729. The molecule has 17 heavy (non-hydrogen) atoms. The second-order valence-electron chi connectivity index (χ2n) is 5.31. The first kappa shape index (κ1) is 14.7. The number of thiocarbonyl (C=S) groups is 1. The third-order valence-electron chi connectivity index (χ3n) is 3.56. The number of methoxy groups -OCH3 is 2. The molecule has 0 radical (unpaired) electrons. The molecular weight excluding hydrogens is 236 g/mol. The number of hydrogen-bond donors (Lipinski definition) is 2. The molecule has 3 atom stereocenters. The van der Waals surface area contributed by atoms with Gasteiger partial charge < -0.3 is 20.1 Å². The fourth-order valence-corrected chi connectivity index (χ4v) is 2.59. The van der Waals surface area contributed by atoms with E-state index in [9.17, 15) is 0 Å². The predicted octanol–water partition coefficient (Wildman–Crippen LogP) is 1.30. The fraction of sp³-hybridized carbons (Fsp3) is 0.917. The highest BCUT2D eigenvalue weighted by molar-refractivity contribution is 7.80. The van der Waals surface area contributed by atoms with Crippen molar-refractivity contribution in [3.8, 4) is 0 Å². The summed E-state index contributed by atoms with van der Waals surface area (Å²) in [6.45, 7) is 7.09. The Morgan fingerprint density at radius 3 is 2.59 bits per heavy atom. The van der Waals surface area contributed by atoms with Crippen LogP contribution in [0.1, 0.15) is 27.2 Å². The van der Waals surface area contributed by atoms with Crippen LogP contribution in [-0.4, -0.2) is 44.1 Å². The summed E-state index contributed by atoms with van der Waals surface area (Å²) in [4.78, 5) is 0. The van der Waals surface area contributed by atoms with Crippen LogP contribution in [0, 0.1) is 5.41 Å². The second kappa shape index (κ2) is 5.98. The average Bonchev–Trinajstić information content (AvgIpc) is 2.23. The third-order valence-corrected chi connectivity index (χ3v) is 3.80. The third kappa shape index (κ3) is 3.53. The van der Waals surface area contributed by atoms with E-state index in [4.69, 9.17) is 21.7 Å². The van der Waals surface area contributed by atoms with Gasteiger partial charge in [0.1, 0.15) is 0 Å². The Hall–Kier alpha value is -0.390. The maximum absolute atomic E-state index is 5.41. The van der Waals surface area contributed by atoms with Crippen LogP contribution in [0.4, 0.5) is 0 Å². The highest BCUT2D eigenvalue weighted by atomic mass is 32.1. The summed E-state index contributed by atoms with van der Waals surface area (Å²) in [5.74, 6) is 0. The van der Waals surface area contributed by atoms with Crippen molar-refractivity contribution in [1.82, 2.24) is 10.6 Å². The SMILES string of the molecule is COCC(C)NC(=S)NC1CC(OC)C1(C)C. The first-order valence-corrected chi connectivity index (χ1v) is 6.41. The van der Waals surface area contributed by atoms with Crippen LogP contribution in [0.15, 0.2) is 0 Å². The average molecular weight is 260 g/mol. The van der Waals surface area contributed by atoms with Crippen molar-refractivity contribution in [3.63, 3.8) is 0 Å². The van der Waals surface area contributed by atoms with Gasteiger partial charge in [0.05, 0.1) is 12.7 Å². The van der Waals surface area contributed by atoms with E-state index in [1.807, 2.05) is 6.92 Å². The molecule has 1 rings (SSSR count). The molecule has 0 heterocycles. The molecule has 0 aromatic rings. The molecule has 1 aliphatic carbocycles. The number of ether oxygens (including phenoxy) is 2. The largest absolute Gasteiger partial charge is 0.383 e. The molecule has 0 aliphatic heterocycles. The first-order valence-electron chi connectivity index (χ1n) is 6.00. The highest BCUT2D eigenvalue weighted by Gasteiger charge is 2.48. The standard InChI is InChI=1S/C12H24N2O2S/c1-8(7-15-4)13-11(17)14-9-6-10(16-5)12(9,2)3/h8-10H,6-7H2,1-5H3,(H2,13,14,17). The lowest BCUT2D eigenvalue weighted by atomic mass is 9.64. The zero-order valence-corrected chi connectivity index (χ0v) is 12.2. The van der Waals surface area contributed by atoms with Gasteiger partial charge in [-0.2, -0.15) is 0 Å². The first-order chi connectivity index (χ1) is 7.91. The van der Waals surface area contributed by atoms with Gasteiger partial charge in [-0.25, -0.2) is 0 Å². The van der Waals surface area contributed by atoms with Crippen LogP contribution >= 0.6 is 12.2 Å². The topological polar surface area (TPSA) is 42.5 Å². The molecule has 0 spiro atoms. The van der Waals surface area contributed by atoms with Crippen molar-refractivity contribution in [1.29, 1.82) is 0 Å². The monoisotopic (exact) mass is 260 g/mol. The summed E-state index contributed by atoms with van der Waals surface area (Å²) in [6.07, 6.45) is 1.32. The van der Waals surface area contributed by atoms with Crippen LogP contribution in [0.5, 0.6) is 0 Å². The zero-order chi connectivity index (χ0) is 13.1. The van der Waals surface area contributed by atoms with Gasteiger partial charge in [-0.15, -0.1) is 0 Å². The maximum Gasteiger partial charge on any atom is 0.166 e. The van der Waals surface area contributed by atoms with Crippen molar-refractivity contribution in [3.05, 3.63) is 0 Å². The Morgan fingerprint density at radius 1 is 1.47 bits per heavy atom. The summed E-state index contributed by atoms with van der Waals surface area (Å²) in [6, 6.07) is 0.601. The number of nitrogens with one attached hydrogen (secondary N) is 2. The Kier molecular flexibility index (Phi) is 5.16. The van der Waals surface area contributed by atoms with Gasteiger partial charge in [-0.3, -0.25) is 0 Å². The molecule has 0 bridgehead atoms. The second-order valence-corrected chi connectivity index (χ2v) is 5.72. The lowest BCUT2D eigenvalue weighted by molar-refractivity contribution is -0.0921. The van der Waals surface area contributed by atoms with Gasteiger partial charge in [0.25, 0.3) is 0 Å². The Balaban J connectivity index is 2.33. The Labute approximate surface area is 109 Å². The van der Waals surface area contributed by atoms with Gasteiger partial charge in [-0.1, -0.05) is 13.8 Å². The van der Waals surface area contributed by atoms with Gasteiger partial charge in [0, 0.05) is 31.7 Å². The minimum Gasteiger partial charge on any atom is -0.383 e. The Bertz CT molecular complexity index is 271. The highest BCUT2D eigenvalue weighted by Crippen LogP contribution is 2.42. The van der Waals surface area contributed by atoms with Crippen LogP contribution < -0.4 is 10.6 Å². The van der Waals surface area contributed by atoms with E-state index in [-0.39, 0.29) is 11.5 Å². The van der Waals surface area contributed by atoms with Crippen LogP contribution in [0.2, 0.25) is 0 Å². The minimum absolute atomic E-state index is 0.130. The molecular formula is C12H24N2O2S. The van der Waals surface area contributed by atoms with Gasteiger partial charge in [0.2, 0.25) is 0 Å². The van der Waals surface area contributed by atoms with Crippen molar-refractivity contribution in [2.24, 2.45) is 5.41 Å². The molecule has 100 valence electrons. The molecule has 0 aromatic heterocycles. The molecule has 5 heteroatoms. The van der Waals surface area contributed by atoms with E-state index in [0.717, 1.165) is 6.42 Å². The van der Waals surface area contributed by atoms with Crippen LogP contribution in [0.3, 0.4) is 0 Å². The fourth-order valence-electron chi connectivity index (χ4n) is 2.25. The van der Waals surface area contributed by atoms with Crippen molar-refractivity contribution < 1.29 is 9.47 Å². The Morgan fingerprint density at radius 2 is 2.12 bits per heavy atom. The number of rotatable bonds is 5. The summed E-state index contributed by atoms with van der Waals surface area (Å²) >= 11 is 5.28. The normalized spacial score (nSPS) is 28.1. The summed E-state index contributed by atoms with van der Waals surface area (Å²) in [5.41, 5.74) is 0.130. The van der Waals surface area contributed by atoms with E-state index >= 15 is 0 Å². The van der Waals surface area contributed by atoms with Crippen molar-refractivity contribution in [2.75, 3.05) is 20.8 Å². The predicted molar refractivity (Wildman–Crippen MR) is 73.2 cm³/mol. The lowest BCUT2D eigenvalue weighted by Gasteiger charge is -2.51. The molecule has 3 unspecified atom stereocenters. The molecule has 1 aliphatic rings. The van der Waals surface area contributed by atoms with Crippen molar-refractivity contribution >= 4 is 17.3 Å². The molecule has 4 nitrogen and oxygen atoms in total. The molecule has 0 aromatic carbocycles. The van der Waals surface area contributed by atoms with E-state index in [0.29, 0.717) is 23.9 Å². The zero-order valence-electron chi connectivity index (χ0n) is 11.4. The van der Waals surface area contributed by atoms with E-state index in [1.54, 1.807) is 14.2 Å². The van der Waals surface area contributed by atoms with E-state index in [1.165, 1.54) is 0 Å². The smallest absolute Gasteiger partial charge is 0.166 e. The summed E-state index contributed by atoms with van der Waals surface area (Å²) in [5, 5.41) is 7.25. The molecule has 1 fully saturated rings. The van der Waals surface area contributed by atoms with Crippen LogP contribution in [-0.2, 0) is 9.47 Å². The van der Waals surface area contributed by atoms with E-state index in [2.05, 4.69) is 24.5 Å². The lowest BCUT2D eigenvalue weighted by Crippen LogP contribution is -2.63. The van der Waals surface area contributed by atoms with Gasteiger partial charge in [0.15, 0.2) is 5.11 Å². The maximum atomic E-state index is 5.41. The molecule has 0 saturated heterocycles. The molecule has 0 amide bonds. The van der Waals surface area contributed by atoms with Gasteiger partial charge >= 0.3 is 0 Å². The number of hydrogen-bond acceptors (Lipinski definition) is 3. The minimum atomic E-state index is 0.130.